The van der Waals surface area contributed by atoms with Crippen LogP contribution >= 0.6 is 0 Å². The monoisotopic (exact) mass is 344 g/mol. The third-order valence-corrected chi connectivity index (χ3v) is 3.89. The van der Waals surface area contributed by atoms with Crippen LogP contribution in [-0.4, -0.2) is 10.9 Å². The lowest BCUT2D eigenvalue weighted by Gasteiger charge is -2.06. The summed E-state index contributed by atoms with van der Waals surface area (Å²) in [6, 6.07) is 22.3. The summed E-state index contributed by atoms with van der Waals surface area (Å²) in [5, 5.41) is 3.81. The number of amides is 1. The van der Waals surface area contributed by atoms with Gasteiger partial charge in [0.05, 0.1) is 11.2 Å². The summed E-state index contributed by atoms with van der Waals surface area (Å²) in [5.41, 5.74) is 1.38. The number of para-hydroxylation sites is 2. The lowest BCUT2D eigenvalue weighted by Crippen LogP contribution is -2.11. The number of furan rings is 1. The molecule has 1 N–H and O–H groups in total. The van der Waals surface area contributed by atoms with Gasteiger partial charge in [0.25, 0.3) is 5.91 Å². The minimum atomic E-state index is -0.325. The topological polar surface area (TPSA) is 64.4 Å². The van der Waals surface area contributed by atoms with Gasteiger partial charge < -0.3 is 14.5 Å². The Kier molecular flexibility index (Phi) is 4.35. The van der Waals surface area contributed by atoms with Gasteiger partial charge in [0.15, 0.2) is 5.76 Å². The van der Waals surface area contributed by atoms with Gasteiger partial charge in [0.1, 0.15) is 18.1 Å². The molecule has 26 heavy (non-hydrogen) atoms. The molecule has 0 aliphatic rings. The van der Waals surface area contributed by atoms with Gasteiger partial charge in [-0.3, -0.25) is 9.78 Å². The Morgan fingerprint density at radius 3 is 2.69 bits per heavy atom. The van der Waals surface area contributed by atoms with Crippen molar-refractivity contribution < 1.29 is 13.9 Å². The fourth-order valence-electron chi connectivity index (χ4n) is 2.64. The third-order valence-electron chi connectivity index (χ3n) is 3.89. The summed E-state index contributed by atoms with van der Waals surface area (Å²) in [6.07, 6.45) is 1.70. The van der Waals surface area contributed by atoms with E-state index < -0.39 is 0 Å². The average Bonchev–Trinajstić information content (AvgIpc) is 3.17. The zero-order chi connectivity index (χ0) is 17.8. The number of nitrogens with one attached hydrogen (secondary N) is 1. The van der Waals surface area contributed by atoms with Crippen molar-refractivity contribution in [1.82, 2.24) is 4.98 Å². The molecule has 0 bridgehead atoms. The molecular formula is C21H16N2O3. The van der Waals surface area contributed by atoms with Crippen molar-refractivity contribution in [1.29, 1.82) is 0 Å². The molecule has 2 aromatic heterocycles. The highest BCUT2D eigenvalue weighted by molar-refractivity contribution is 6.06. The van der Waals surface area contributed by atoms with Crippen molar-refractivity contribution in [2.24, 2.45) is 0 Å². The number of pyridine rings is 1. The highest BCUT2D eigenvalue weighted by Gasteiger charge is 2.13. The predicted molar refractivity (Wildman–Crippen MR) is 99.2 cm³/mol. The molecule has 0 aliphatic heterocycles. The molecule has 0 unspecified atom stereocenters. The summed E-state index contributed by atoms with van der Waals surface area (Å²) in [4.78, 5) is 16.8. The van der Waals surface area contributed by atoms with Gasteiger partial charge in [0.2, 0.25) is 0 Å². The lowest BCUT2D eigenvalue weighted by atomic mass is 10.2. The molecule has 128 valence electrons. The number of nitrogens with zero attached hydrogens (tertiary/aromatic N) is 1. The summed E-state index contributed by atoms with van der Waals surface area (Å²) in [7, 11) is 0. The Hall–Kier alpha value is -3.60. The number of rotatable bonds is 5. The molecule has 4 aromatic rings. The SMILES string of the molecule is O=C(Nc1cccc2cccnc12)c1ccc(COc2ccccc2)o1. The normalized spacial score (nSPS) is 10.6. The van der Waals surface area contributed by atoms with E-state index in [-0.39, 0.29) is 18.3 Å². The van der Waals surface area contributed by atoms with Crippen LogP contribution < -0.4 is 10.1 Å². The van der Waals surface area contributed by atoms with Gasteiger partial charge in [-0.15, -0.1) is 0 Å². The molecule has 0 saturated heterocycles. The fraction of sp³-hybridized carbons (Fsp3) is 0.0476. The Morgan fingerprint density at radius 2 is 1.81 bits per heavy atom. The van der Waals surface area contributed by atoms with Crippen molar-refractivity contribution in [3.05, 3.63) is 90.5 Å². The smallest absolute Gasteiger partial charge is 0.291 e. The van der Waals surface area contributed by atoms with Crippen molar-refractivity contribution in [3.63, 3.8) is 0 Å². The van der Waals surface area contributed by atoms with Gasteiger partial charge >= 0.3 is 0 Å². The summed E-state index contributed by atoms with van der Waals surface area (Å²) in [6.45, 7) is 0.257. The van der Waals surface area contributed by atoms with Crippen molar-refractivity contribution in [2.45, 2.75) is 6.61 Å². The van der Waals surface area contributed by atoms with Crippen LogP contribution in [0.5, 0.6) is 5.75 Å². The molecule has 0 aliphatic carbocycles. The molecule has 0 radical (unpaired) electrons. The van der Waals surface area contributed by atoms with E-state index in [2.05, 4.69) is 10.3 Å². The number of ether oxygens (including phenoxy) is 1. The van der Waals surface area contributed by atoms with E-state index in [4.69, 9.17) is 9.15 Å². The second kappa shape index (κ2) is 7.11. The standard InChI is InChI=1S/C21H16N2O3/c24-21(23-18-10-4-6-15-7-5-13-22-20(15)18)19-12-11-17(26-19)14-25-16-8-2-1-3-9-16/h1-13H,14H2,(H,23,24). The van der Waals surface area contributed by atoms with E-state index >= 15 is 0 Å². The lowest BCUT2D eigenvalue weighted by molar-refractivity contribution is 0.0992. The quantitative estimate of drug-likeness (QED) is 0.572. The molecule has 5 heteroatoms. The minimum Gasteiger partial charge on any atom is -0.486 e. The Labute approximate surface area is 150 Å². The molecule has 0 saturated carbocycles. The number of aromatic nitrogens is 1. The maximum Gasteiger partial charge on any atom is 0.291 e. The van der Waals surface area contributed by atoms with Crippen molar-refractivity contribution in [3.8, 4) is 5.75 Å². The molecule has 0 spiro atoms. The van der Waals surface area contributed by atoms with E-state index in [9.17, 15) is 4.79 Å². The predicted octanol–water partition coefficient (Wildman–Crippen LogP) is 4.66. The van der Waals surface area contributed by atoms with Gasteiger partial charge in [-0.05, 0) is 36.4 Å². The largest absolute Gasteiger partial charge is 0.486 e. The fourth-order valence-corrected chi connectivity index (χ4v) is 2.64. The number of carbonyl (C=O) groups is 1. The first kappa shape index (κ1) is 15.9. The zero-order valence-electron chi connectivity index (χ0n) is 13.9. The van der Waals surface area contributed by atoms with E-state index in [1.807, 2.05) is 60.7 Å². The van der Waals surface area contributed by atoms with Crippen LogP contribution in [0.3, 0.4) is 0 Å². The number of benzene rings is 2. The highest BCUT2D eigenvalue weighted by Crippen LogP contribution is 2.22. The van der Waals surface area contributed by atoms with Crippen molar-refractivity contribution in [2.75, 3.05) is 5.32 Å². The molecule has 2 aromatic carbocycles. The van der Waals surface area contributed by atoms with Crippen LogP contribution in [0.2, 0.25) is 0 Å². The van der Waals surface area contributed by atoms with Crippen LogP contribution in [0.4, 0.5) is 5.69 Å². The minimum absolute atomic E-state index is 0.226. The van der Waals surface area contributed by atoms with Crippen LogP contribution in [-0.2, 0) is 6.61 Å². The number of fused-ring (bicyclic) bond motifs is 1. The average molecular weight is 344 g/mol. The van der Waals surface area contributed by atoms with Crippen LogP contribution in [0.1, 0.15) is 16.3 Å². The second-order valence-electron chi connectivity index (χ2n) is 5.70. The maximum atomic E-state index is 12.5. The number of hydrogen-bond donors (Lipinski definition) is 1. The third kappa shape index (κ3) is 3.42. The van der Waals surface area contributed by atoms with Gasteiger partial charge in [-0.25, -0.2) is 0 Å². The number of anilines is 1. The number of carbonyl (C=O) groups excluding carboxylic acids is 1. The van der Waals surface area contributed by atoms with Crippen molar-refractivity contribution >= 4 is 22.5 Å². The number of hydrogen-bond acceptors (Lipinski definition) is 4. The Balaban J connectivity index is 1.46. The van der Waals surface area contributed by atoms with Crippen LogP contribution in [0.25, 0.3) is 10.9 Å². The van der Waals surface area contributed by atoms with Crippen LogP contribution in [0, 0.1) is 0 Å². The van der Waals surface area contributed by atoms with Crippen LogP contribution in [0.15, 0.2) is 83.4 Å². The van der Waals surface area contributed by atoms with Gasteiger partial charge in [-0.1, -0.05) is 36.4 Å². The highest BCUT2D eigenvalue weighted by atomic mass is 16.5. The van der Waals surface area contributed by atoms with E-state index in [1.54, 1.807) is 18.3 Å². The summed E-state index contributed by atoms with van der Waals surface area (Å²) >= 11 is 0. The second-order valence-corrected chi connectivity index (χ2v) is 5.70. The molecule has 2 heterocycles. The summed E-state index contributed by atoms with van der Waals surface area (Å²) < 4.78 is 11.2. The van der Waals surface area contributed by atoms with Gasteiger partial charge in [-0.2, -0.15) is 0 Å². The Bertz CT molecular complexity index is 1040. The van der Waals surface area contributed by atoms with E-state index in [0.29, 0.717) is 11.4 Å². The van der Waals surface area contributed by atoms with E-state index in [0.717, 1.165) is 16.7 Å². The summed E-state index contributed by atoms with van der Waals surface area (Å²) in [5.74, 6) is 1.23. The first-order valence-corrected chi connectivity index (χ1v) is 8.21. The molecule has 0 atom stereocenters. The zero-order valence-corrected chi connectivity index (χ0v) is 13.9. The van der Waals surface area contributed by atoms with Gasteiger partial charge in [0, 0.05) is 11.6 Å². The van der Waals surface area contributed by atoms with E-state index in [1.165, 1.54) is 0 Å². The molecular weight excluding hydrogens is 328 g/mol. The molecule has 5 nitrogen and oxygen atoms in total. The first-order valence-electron chi connectivity index (χ1n) is 8.21. The Morgan fingerprint density at radius 1 is 0.962 bits per heavy atom. The molecule has 4 rings (SSSR count). The first-order chi connectivity index (χ1) is 12.8. The molecule has 0 fully saturated rings. The molecule has 1 amide bonds. The maximum absolute atomic E-state index is 12.5.